The van der Waals surface area contributed by atoms with Gasteiger partial charge in [0.2, 0.25) is 10.0 Å². The third-order valence-corrected chi connectivity index (χ3v) is 7.26. The van der Waals surface area contributed by atoms with Crippen LogP contribution in [0.3, 0.4) is 0 Å². The third-order valence-electron chi connectivity index (χ3n) is 5.16. The molecule has 1 fully saturated rings. The number of halogens is 1. The molecule has 7 nitrogen and oxygen atoms in total. The van der Waals surface area contributed by atoms with Gasteiger partial charge in [0, 0.05) is 34.9 Å². The molecule has 0 atom stereocenters. The summed E-state index contributed by atoms with van der Waals surface area (Å²) in [5.74, 6) is -0.170. The number of fused-ring (bicyclic) bond motifs is 1. The molecule has 9 heteroatoms. The number of rotatable bonds is 4. The fourth-order valence-corrected chi connectivity index (χ4v) is 4.81. The summed E-state index contributed by atoms with van der Waals surface area (Å²) >= 11 is 6.40. The number of pyridine rings is 1. The smallest absolute Gasteiger partial charge is 0.255 e. The molecule has 0 spiro atoms. The van der Waals surface area contributed by atoms with E-state index in [-0.39, 0.29) is 11.7 Å². The van der Waals surface area contributed by atoms with Gasteiger partial charge in [-0.25, -0.2) is 8.42 Å². The van der Waals surface area contributed by atoms with Gasteiger partial charge in [-0.2, -0.15) is 0 Å². The van der Waals surface area contributed by atoms with Crippen LogP contribution in [-0.2, 0) is 10.0 Å². The lowest BCUT2D eigenvalue weighted by Gasteiger charge is -2.32. The zero-order valence-electron chi connectivity index (χ0n) is 16.1. The van der Waals surface area contributed by atoms with E-state index in [0.717, 1.165) is 5.39 Å². The number of furan rings is 1. The van der Waals surface area contributed by atoms with Gasteiger partial charge in [0.25, 0.3) is 5.91 Å². The standard InChI is InChI=1S/C22H16ClN3O4S/c23-19-6-3-15(13-18(19)21-17-8-11-30-20(17)7-9-24-21)25-22(27)14-1-4-16(5-2-14)26-10-12-31(26,28)29/h1-9,11,13H,10,12H2,(H,25,27). The van der Waals surface area contributed by atoms with E-state index < -0.39 is 10.0 Å². The molecule has 3 heterocycles. The topological polar surface area (TPSA) is 92.5 Å². The molecule has 31 heavy (non-hydrogen) atoms. The second-order valence-corrected chi connectivity index (χ2v) is 9.50. The average Bonchev–Trinajstić information content (AvgIpc) is 3.24. The van der Waals surface area contributed by atoms with E-state index in [1.165, 1.54) is 4.31 Å². The number of amides is 1. The number of hydrogen-bond donors (Lipinski definition) is 1. The maximum absolute atomic E-state index is 12.7. The SMILES string of the molecule is O=C(Nc1ccc(Cl)c(-c2nccc3occc23)c1)c1ccc(N2CCS2(=O)=O)cc1. The predicted molar refractivity (Wildman–Crippen MR) is 120 cm³/mol. The van der Waals surface area contributed by atoms with Crippen LogP contribution in [0.15, 0.2) is 71.5 Å². The summed E-state index contributed by atoms with van der Waals surface area (Å²) < 4.78 is 30.2. The first-order chi connectivity index (χ1) is 14.9. The summed E-state index contributed by atoms with van der Waals surface area (Å²) in [6.07, 6.45) is 3.23. The number of carbonyl (C=O) groups excluding carboxylic acids is 1. The molecule has 1 saturated heterocycles. The number of hydrogen-bond acceptors (Lipinski definition) is 5. The molecule has 0 saturated carbocycles. The first kappa shape index (κ1) is 19.6. The van der Waals surface area contributed by atoms with Crippen LogP contribution in [0.2, 0.25) is 5.02 Å². The molecule has 0 radical (unpaired) electrons. The summed E-state index contributed by atoms with van der Waals surface area (Å²) in [5, 5.41) is 4.17. The van der Waals surface area contributed by atoms with E-state index in [1.807, 2.05) is 6.07 Å². The Hall–Kier alpha value is -3.36. The van der Waals surface area contributed by atoms with Crippen LogP contribution < -0.4 is 9.62 Å². The highest BCUT2D eigenvalue weighted by atomic mass is 35.5. The molecule has 5 rings (SSSR count). The summed E-state index contributed by atoms with van der Waals surface area (Å²) in [4.78, 5) is 17.1. The third kappa shape index (κ3) is 3.54. The van der Waals surface area contributed by atoms with Crippen molar-refractivity contribution in [1.29, 1.82) is 0 Å². The van der Waals surface area contributed by atoms with Crippen molar-refractivity contribution in [2.75, 3.05) is 21.9 Å². The number of sulfonamides is 1. The molecule has 4 aromatic rings. The van der Waals surface area contributed by atoms with Crippen LogP contribution in [0.25, 0.3) is 22.2 Å². The lowest BCUT2D eigenvalue weighted by Crippen LogP contribution is -2.47. The van der Waals surface area contributed by atoms with Crippen LogP contribution in [0, 0.1) is 0 Å². The van der Waals surface area contributed by atoms with Crippen molar-refractivity contribution >= 4 is 49.9 Å². The van der Waals surface area contributed by atoms with E-state index in [4.69, 9.17) is 16.0 Å². The molecule has 1 aliphatic rings. The Bertz CT molecular complexity index is 1410. The van der Waals surface area contributed by atoms with Crippen molar-refractivity contribution in [2.24, 2.45) is 0 Å². The number of anilines is 2. The molecule has 1 amide bonds. The second-order valence-electron chi connectivity index (χ2n) is 7.08. The molecule has 1 aliphatic heterocycles. The summed E-state index contributed by atoms with van der Waals surface area (Å²) in [5.41, 5.74) is 3.54. The van der Waals surface area contributed by atoms with Crippen molar-refractivity contribution in [3.05, 3.63) is 77.6 Å². The zero-order chi connectivity index (χ0) is 21.6. The summed E-state index contributed by atoms with van der Waals surface area (Å²) in [6, 6.07) is 15.2. The summed E-state index contributed by atoms with van der Waals surface area (Å²) in [6.45, 7) is 0.457. The number of benzene rings is 2. The summed E-state index contributed by atoms with van der Waals surface area (Å²) in [7, 11) is -3.20. The van der Waals surface area contributed by atoms with Gasteiger partial charge in [-0.05, 0) is 54.6 Å². The van der Waals surface area contributed by atoms with Crippen molar-refractivity contribution in [1.82, 2.24) is 4.98 Å². The largest absolute Gasteiger partial charge is 0.464 e. The number of nitrogens with zero attached hydrogens (tertiary/aromatic N) is 2. The van der Waals surface area contributed by atoms with Crippen LogP contribution in [-0.4, -0.2) is 31.6 Å². The molecule has 0 aliphatic carbocycles. The van der Waals surface area contributed by atoms with E-state index >= 15 is 0 Å². The molecule has 2 aromatic carbocycles. The molecule has 1 N–H and O–H groups in total. The van der Waals surface area contributed by atoms with Gasteiger partial charge in [0.15, 0.2) is 0 Å². The second kappa shape index (κ2) is 7.40. The Morgan fingerprint density at radius 2 is 1.90 bits per heavy atom. The monoisotopic (exact) mass is 453 g/mol. The van der Waals surface area contributed by atoms with Crippen LogP contribution in [0.5, 0.6) is 0 Å². The first-order valence-electron chi connectivity index (χ1n) is 9.46. The number of carbonyl (C=O) groups is 1. The first-order valence-corrected chi connectivity index (χ1v) is 11.4. The van der Waals surface area contributed by atoms with Gasteiger partial charge in [0.1, 0.15) is 5.58 Å². The van der Waals surface area contributed by atoms with Crippen LogP contribution in [0.4, 0.5) is 11.4 Å². The van der Waals surface area contributed by atoms with Crippen molar-refractivity contribution in [3.8, 4) is 11.3 Å². The maximum atomic E-state index is 12.7. The minimum Gasteiger partial charge on any atom is -0.464 e. The van der Waals surface area contributed by atoms with Gasteiger partial charge >= 0.3 is 0 Å². The highest BCUT2D eigenvalue weighted by molar-refractivity contribution is 7.94. The lowest BCUT2D eigenvalue weighted by molar-refractivity contribution is 0.102. The van der Waals surface area contributed by atoms with Gasteiger partial charge in [-0.3, -0.25) is 14.1 Å². The van der Waals surface area contributed by atoms with E-state index in [2.05, 4.69) is 10.3 Å². The van der Waals surface area contributed by atoms with Gasteiger partial charge in [0.05, 0.1) is 28.4 Å². The minimum atomic E-state index is -3.20. The molecular formula is C22H16ClN3O4S. The van der Waals surface area contributed by atoms with Crippen molar-refractivity contribution in [2.45, 2.75) is 0 Å². The molecular weight excluding hydrogens is 438 g/mol. The highest BCUT2D eigenvalue weighted by Gasteiger charge is 2.32. The molecule has 0 unspecified atom stereocenters. The Morgan fingerprint density at radius 1 is 1.10 bits per heavy atom. The van der Waals surface area contributed by atoms with Gasteiger partial charge in [-0.15, -0.1) is 0 Å². The van der Waals surface area contributed by atoms with Crippen LogP contribution in [0.1, 0.15) is 10.4 Å². The quantitative estimate of drug-likeness (QED) is 0.489. The number of nitrogens with one attached hydrogen (secondary N) is 1. The predicted octanol–water partition coefficient (Wildman–Crippen LogP) is 4.55. The Kier molecular flexibility index (Phi) is 4.68. The molecule has 0 bridgehead atoms. The van der Waals surface area contributed by atoms with Gasteiger partial charge in [-0.1, -0.05) is 11.6 Å². The Labute approximate surface area is 183 Å². The van der Waals surface area contributed by atoms with Gasteiger partial charge < -0.3 is 9.73 Å². The highest BCUT2D eigenvalue weighted by Crippen LogP contribution is 2.34. The minimum absolute atomic E-state index is 0.148. The van der Waals surface area contributed by atoms with E-state index in [9.17, 15) is 13.2 Å². The van der Waals surface area contributed by atoms with Crippen LogP contribution >= 0.6 is 11.6 Å². The molecule has 156 valence electrons. The lowest BCUT2D eigenvalue weighted by atomic mass is 10.1. The number of aromatic nitrogens is 1. The average molecular weight is 454 g/mol. The van der Waals surface area contributed by atoms with E-state index in [0.29, 0.717) is 45.3 Å². The Balaban J connectivity index is 1.40. The van der Waals surface area contributed by atoms with Crippen molar-refractivity contribution in [3.63, 3.8) is 0 Å². The zero-order valence-corrected chi connectivity index (χ0v) is 17.7. The molecule has 2 aromatic heterocycles. The Morgan fingerprint density at radius 3 is 2.61 bits per heavy atom. The fraction of sp³-hybridized carbons (Fsp3) is 0.0909. The van der Waals surface area contributed by atoms with Crippen molar-refractivity contribution < 1.29 is 17.6 Å². The fourth-order valence-electron chi connectivity index (χ4n) is 3.50. The van der Waals surface area contributed by atoms with E-state index in [1.54, 1.807) is 61.0 Å². The normalized spacial score (nSPS) is 14.9. The maximum Gasteiger partial charge on any atom is 0.255 e.